The van der Waals surface area contributed by atoms with Gasteiger partial charge in [0, 0.05) is 10.6 Å². The number of aryl methyl sites for hydroxylation is 1. The fourth-order valence-electron chi connectivity index (χ4n) is 1.07. The summed E-state index contributed by atoms with van der Waals surface area (Å²) < 4.78 is 24.8. The van der Waals surface area contributed by atoms with Crippen molar-refractivity contribution in [3.05, 3.63) is 28.3 Å². The van der Waals surface area contributed by atoms with Gasteiger partial charge in [0.25, 0.3) is 6.43 Å². The molecule has 4 heteroatoms. The van der Waals surface area contributed by atoms with Gasteiger partial charge < -0.3 is 0 Å². The van der Waals surface area contributed by atoms with E-state index in [0.717, 1.165) is 5.56 Å². The minimum Gasteiger partial charge on any atom is -0.205 e. The Hall–Kier alpha value is -0.565. The van der Waals surface area contributed by atoms with Crippen molar-refractivity contribution in [2.75, 3.05) is 0 Å². The van der Waals surface area contributed by atoms with Crippen LogP contribution in [0.15, 0.2) is 12.1 Å². The standard InChI is InChI=1S/C8H8BClF2/c1-4-2-3-5(10)6(7(4)9)8(11)12/h2-3,8H,9H2,1H3. The molecule has 0 amide bonds. The van der Waals surface area contributed by atoms with Crippen molar-refractivity contribution in [3.8, 4) is 0 Å². The van der Waals surface area contributed by atoms with E-state index in [4.69, 9.17) is 11.6 Å². The van der Waals surface area contributed by atoms with Crippen molar-refractivity contribution in [1.29, 1.82) is 0 Å². The van der Waals surface area contributed by atoms with Gasteiger partial charge in [-0.3, -0.25) is 0 Å². The van der Waals surface area contributed by atoms with E-state index in [1.54, 1.807) is 20.8 Å². The van der Waals surface area contributed by atoms with E-state index in [-0.39, 0.29) is 10.6 Å². The van der Waals surface area contributed by atoms with Gasteiger partial charge in [-0.2, -0.15) is 0 Å². The molecular weight excluding hydrogens is 180 g/mol. The molecule has 1 rings (SSSR count). The van der Waals surface area contributed by atoms with E-state index in [1.165, 1.54) is 6.07 Å². The Morgan fingerprint density at radius 1 is 1.42 bits per heavy atom. The molecule has 64 valence electrons. The van der Waals surface area contributed by atoms with Gasteiger partial charge in [0.1, 0.15) is 7.85 Å². The average molecular weight is 188 g/mol. The van der Waals surface area contributed by atoms with Gasteiger partial charge in [-0.1, -0.05) is 28.7 Å². The molecule has 0 radical (unpaired) electrons. The third-order valence-electron chi connectivity index (χ3n) is 1.95. The summed E-state index contributed by atoms with van der Waals surface area (Å²) >= 11 is 5.62. The quantitative estimate of drug-likeness (QED) is 0.590. The van der Waals surface area contributed by atoms with E-state index >= 15 is 0 Å². The van der Waals surface area contributed by atoms with Gasteiger partial charge >= 0.3 is 0 Å². The molecule has 12 heavy (non-hydrogen) atoms. The molecule has 1 aromatic rings. The largest absolute Gasteiger partial charge is 0.264 e. The Labute approximate surface area is 75.9 Å². The molecular formula is C8H8BClF2. The lowest BCUT2D eigenvalue weighted by molar-refractivity contribution is 0.152. The maximum atomic E-state index is 12.4. The Kier molecular flexibility index (Phi) is 2.73. The number of rotatable bonds is 1. The Balaban J connectivity index is 3.33. The molecule has 0 aliphatic rings. The second kappa shape index (κ2) is 3.44. The van der Waals surface area contributed by atoms with E-state index in [1.807, 2.05) is 0 Å². The fraction of sp³-hybridized carbons (Fsp3) is 0.250. The lowest BCUT2D eigenvalue weighted by Gasteiger charge is -2.09. The summed E-state index contributed by atoms with van der Waals surface area (Å²) in [6.45, 7) is 1.79. The van der Waals surface area contributed by atoms with Crippen molar-refractivity contribution in [1.82, 2.24) is 0 Å². The van der Waals surface area contributed by atoms with Crippen LogP contribution in [0.1, 0.15) is 17.6 Å². The summed E-state index contributed by atoms with van der Waals surface area (Å²) in [5, 5.41) is 0.146. The molecule has 1 aromatic carbocycles. The first kappa shape index (κ1) is 9.52. The molecule has 0 spiro atoms. The maximum Gasteiger partial charge on any atom is 0.264 e. The van der Waals surface area contributed by atoms with Crippen molar-refractivity contribution < 1.29 is 8.78 Å². The van der Waals surface area contributed by atoms with E-state index < -0.39 is 6.43 Å². The van der Waals surface area contributed by atoms with Crippen molar-refractivity contribution >= 4 is 24.9 Å². The minimum atomic E-state index is -2.49. The molecule has 0 aromatic heterocycles. The Morgan fingerprint density at radius 3 is 2.42 bits per heavy atom. The van der Waals surface area contributed by atoms with Gasteiger partial charge in [0.15, 0.2) is 0 Å². The molecule has 0 nitrogen and oxygen atoms in total. The number of benzene rings is 1. The predicted molar refractivity (Wildman–Crippen MR) is 49.3 cm³/mol. The van der Waals surface area contributed by atoms with E-state index in [9.17, 15) is 8.78 Å². The van der Waals surface area contributed by atoms with Crippen LogP contribution in [0.25, 0.3) is 0 Å². The Morgan fingerprint density at radius 2 is 2.00 bits per heavy atom. The van der Waals surface area contributed by atoms with Crippen LogP contribution in [-0.4, -0.2) is 7.85 Å². The van der Waals surface area contributed by atoms with Crippen LogP contribution < -0.4 is 5.46 Å². The second-order valence-electron chi connectivity index (χ2n) is 2.70. The van der Waals surface area contributed by atoms with E-state index in [2.05, 4.69) is 0 Å². The summed E-state index contributed by atoms with van der Waals surface area (Å²) in [5.74, 6) is 0. The summed E-state index contributed by atoms with van der Waals surface area (Å²) in [6.07, 6.45) is -2.49. The van der Waals surface area contributed by atoms with Crippen LogP contribution in [0.5, 0.6) is 0 Å². The van der Waals surface area contributed by atoms with Crippen LogP contribution in [0.2, 0.25) is 5.02 Å². The molecule has 0 heterocycles. The zero-order valence-electron chi connectivity index (χ0n) is 6.87. The molecule has 0 bridgehead atoms. The monoisotopic (exact) mass is 188 g/mol. The normalized spacial score (nSPS) is 10.8. The van der Waals surface area contributed by atoms with Gasteiger partial charge in [-0.05, 0) is 13.0 Å². The average Bonchev–Trinajstić information content (AvgIpc) is 1.97. The number of hydrogen-bond donors (Lipinski definition) is 0. The van der Waals surface area contributed by atoms with Crippen molar-refractivity contribution in [2.24, 2.45) is 0 Å². The predicted octanol–water partition coefficient (Wildman–Crippen LogP) is 1.84. The number of hydrogen-bond acceptors (Lipinski definition) is 0. The van der Waals surface area contributed by atoms with Gasteiger partial charge in [0.05, 0.1) is 0 Å². The van der Waals surface area contributed by atoms with Gasteiger partial charge in [0.2, 0.25) is 0 Å². The van der Waals surface area contributed by atoms with Crippen molar-refractivity contribution in [2.45, 2.75) is 13.3 Å². The SMILES string of the molecule is Bc1c(C)ccc(Cl)c1C(F)F. The molecule has 0 aliphatic heterocycles. The molecule has 0 N–H and O–H groups in total. The van der Waals surface area contributed by atoms with Crippen LogP contribution in [0, 0.1) is 6.92 Å². The van der Waals surface area contributed by atoms with Crippen LogP contribution >= 0.6 is 11.6 Å². The van der Waals surface area contributed by atoms with Crippen LogP contribution in [0.3, 0.4) is 0 Å². The third-order valence-corrected chi connectivity index (χ3v) is 2.28. The number of alkyl halides is 2. The fourth-order valence-corrected chi connectivity index (χ4v) is 1.36. The molecule has 0 fully saturated rings. The zero-order valence-corrected chi connectivity index (χ0v) is 7.62. The first-order chi connectivity index (χ1) is 5.54. The molecule has 0 atom stereocenters. The molecule has 0 saturated carbocycles. The van der Waals surface area contributed by atoms with Gasteiger partial charge in [-0.15, -0.1) is 0 Å². The van der Waals surface area contributed by atoms with Crippen LogP contribution in [0.4, 0.5) is 8.78 Å². The maximum absolute atomic E-state index is 12.4. The molecule has 0 unspecified atom stereocenters. The summed E-state index contributed by atoms with van der Waals surface area (Å²) in [4.78, 5) is 0. The summed E-state index contributed by atoms with van der Waals surface area (Å²) in [5.41, 5.74) is 1.38. The highest BCUT2D eigenvalue weighted by Gasteiger charge is 2.15. The first-order valence-corrected chi connectivity index (χ1v) is 3.95. The van der Waals surface area contributed by atoms with Gasteiger partial charge in [-0.25, -0.2) is 8.78 Å². The summed E-state index contributed by atoms with van der Waals surface area (Å²) in [6, 6.07) is 3.24. The molecule has 0 saturated heterocycles. The molecule has 0 aliphatic carbocycles. The third kappa shape index (κ3) is 1.61. The topological polar surface area (TPSA) is 0 Å². The lowest BCUT2D eigenvalue weighted by atomic mass is 9.86. The smallest absolute Gasteiger partial charge is 0.205 e. The van der Waals surface area contributed by atoms with Crippen LogP contribution in [-0.2, 0) is 0 Å². The first-order valence-electron chi connectivity index (χ1n) is 3.57. The van der Waals surface area contributed by atoms with Crippen molar-refractivity contribution in [3.63, 3.8) is 0 Å². The highest BCUT2D eigenvalue weighted by molar-refractivity contribution is 6.38. The lowest BCUT2D eigenvalue weighted by Crippen LogP contribution is -2.15. The highest BCUT2D eigenvalue weighted by Crippen LogP contribution is 2.25. The summed E-state index contributed by atoms with van der Waals surface area (Å²) in [7, 11) is 1.66. The zero-order chi connectivity index (χ0) is 9.30. The van der Waals surface area contributed by atoms with E-state index in [0.29, 0.717) is 5.46 Å². The highest BCUT2D eigenvalue weighted by atomic mass is 35.5. The Bertz CT molecular complexity index is 299. The second-order valence-corrected chi connectivity index (χ2v) is 3.11. The number of halogens is 3. The minimum absolute atomic E-state index is 0.0448.